The average Bonchev–Trinajstić information content (AvgIpc) is 2.15. The van der Waals surface area contributed by atoms with E-state index < -0.39 is 11.9 Å². The summed E-state index contributed by atoms with van der Waals surface area (Å²) in [5.74, 6) is -0.547. The van der Waals surface area contributed by atoms with Crippen LogP contribution in [0.1, 0.15) is 18.6 Å². The molecule has 1 aromatic rings. The Morgan fingerprint density at radius 3 is 2.86 bits per heavy atom. The summed E-state index contributed by atoms with van der Waals surface area (Å²) in [6.45, 7) is 1.36. The highest BCUT2D eigenvalue weighted by Gasteiger charge is 2.07. The first-order valence-corrected chi connectivity index (χ1v) is 4.12. The van der Waals surface area contributed by atoms with Gasteiger partial charge in [-0.1, -0.05) is 6.07 Å². The van der Waals surface area contributed by atoms with Gasteiger partial charge in [-0.2, -0.15) is 5.26 Å². The van der Waals surface area contributed by atoms with E-state index in [9.17, 15) is 4.39 Å². The maximum absolute atomic E-state index is 13.2. The zero-order chi connectivity index (χ0) is 10.6. The van der Waals surface area contributed by atoms with Crippen LogP contribution in [0.15, 0.2) is 18.2 Å². The maximum Gasteiger partial charge on any atom is 0.174 e. The summed E-state index contributed by atoms with van der Waals surface area (Å²) in [5, 5.41) is 17.4. The standard InChI is InChI=1S/C10H10FNO2/c1-7(13)8-2-3-10(9(11)6-8)14-5-4-12/h2-3,6-7,13H,5H2,1H3/t7-/m0/s1. The highest BCUT2D eigenvalue weighted by atomic mass is 19.1. The second kappa shape index (κ2) is 4.58. The summed E-state index contributed by atoms with van der Waals surface area (Å²) in [6.07, 6.45) is -0.713. The van der Waals surface area contributed by atoms with E-state index in [1.165, 1.54) is 12.1 Å². The van der Waals surface area contributed by atoms with Crippen LogP contribution in [0.3, 0.4) is 0 Å². The van der Waals surface area contributed by atoms with E-state index in [1.807, 2.05) is 0 Å². The van der Waals surface area contributed by atoms with Gasteiger partial charge in [0.2, 0.25) is 0 Å². The highest BCUT2D eigenvalue weighted by molar-refractivity contribution is 5.30. The Hall–Kier alpha value is -1.60. The third kappa shape index (κ3) is 2.44. The van der Waals surface area contributed by atoms with Crippen molar-refractivity contribution in [2.45, 2.75) is 13.0 Å². The van der Waals surface area contributed by atoms with Gasteiger partial charge in [0.25, 0.3) is 0 Å². The molecular weight excluding hydrogens is 185 g/mol. The molecule has 1 aromatic carbocycles. The van der Waals surface area contributed by atoms with Gasteiger partial charge in [0.05, 0.1) is 6.10 Å². The van der Waals surface area contributed by atoms with Crippen LogP contribution in [0.4, 0.5) is 4.39 Å². The van der Waals surface area contributed by atoms with E-state index >= 15 is 0 Å². The summed E-state index contributed by atoms with van der Waals surface area (Å²) in [5.41, 5.74) is 0.479. The van der Waals surface area contributed by atoms with Crippen molar-refractivity contribution in [2.75, 3.05) is 6.61 Å². The summed E-state index contributed by atoms with van der Waals surface area (Å²) in [4.78, 5) is 0. The number of ether oxygens (including phenoxy) is 1. The number of nitrogens with zero attached hydrogens (tertiary/aromatic N) is 1. The van der Waals surface area contributed by atoms with E-state index in [0.29, 0.717) is 5.56 Å². The molecule has 0 unspecified atom stereocenters. The number of hydrogen-bond acceptors (Lipinski definition) is 3. The number of benzene rings is 1. The topological polar surface area (TPSA) is 53.2 Å². The third-order valence-corrected chi connectivity index (χ3v) is 1.73. The molecule has 0 radical (unpaired) electrons. The molecule has 0 heterocycles. The van der Waals surface area contributed by atoms with Crippen molar-refractivity contribution in [3.8, 4) is 11.8 Å². The zero-order valence-electron chi connectivity index (χ0n) is 7.70. The molecule has 0 aliphatic carbocycles. The molecule has 3 nitrogen and oxygen atoms in total. The lowest BCUT2D eigenvalue weighted by atomic mass is 10.1. The van der Waals surface area contributed by atoms with Crippen LogP contribution in [0, 0.1) is 17.1 Å². The Kier molecular flexibility index (Phi) is 3.43. The largest absolute Gasteiger partial charge is 0.476 e. The molecule has 0 aliphatic heterocycles. The van der Waals surface area contributed by atoms with E-state index in [4.69, 9.17) is 15.1 Å². The molecule has 4 heteroatoms. The summed E-state index contributed by atoms with van der Waals surface area (Å²) in [6, 6.07) is 5.89. The quantitative estimate of drug-likeness (QED) is 0.799. The van der Waals surface area contributed by atoms with Crippen molar-refractivity contribution in [3.63, 3.8) is 0 Å². The van der Waals surface area contributed by atoms with Crippen LogP contribution in [-0.4, -0.2) is 11.7 Å². The minimum atomic E-state index is -0.713. The molecule has 0 saturated heterocycles. The molecule has 0 fully saturated rings. The van der Waals surface area contributed by atoms with Crippen molar-refractivity contribution in [3.05, 3.63) is 29.6 Å². The molecule has 0 aromatic heterocycles. The molecule has 0 spiro atoms. The minimum absolute atomic E-state index is 0.0240. The van der Waals surface area contributed by atoms with Gasteiger partial charge in [-0.3, -0.25) is 0 Å². The SMILES string of the molecule is C[C@H](O)c1ccc(OCC#N)c(F)c1. The Morgan fingerprint density at radius 2 is 2.36 bits per heavy atom. The summed E-state index contributed by atoms with van der Waals surface area (Å²) < 4.78 is 18.0. The van der Waals surface area contributed by atoms with Gasteiger partial charge in [-0.15, -0.1) is 0 Å². The smallest absolute Gasteiger partial charge is 0.174 e. The number of aliphatic hydroxyl groups is 1. The lowest BCUT2D eigenvalue weighted by molar-refractivity contribution is 0.198. The maximum atomic E-state index is 13.2. The van der Waals surface area contributed by atoms with Gasteiger partial charge in [0.1, 0.15) is 6.07 Å². The molecule has 1 N–H and O–H groups in total. The molecule has 0 bridgehead atoms. The first-order valence-electron chi connectivity index (χ1n) is 4.12. The van der Waals surface area contributed by atoms with Gasteiger partial charge in [-0.05, 0) is 24.6 Å². The number of nitriles is 1. The normalized spacial score (nSPS) is 11.9. The fourth-order valence-electron chi connectivity index (χ4n) is 1.00. The van der Waals surface area contributed by atoms with Crippen LogP contribution in [0.5, 0.6) is 5.75 Å². The van der Waals surface area contributed by atoms with Gasteiger partial charge >= 0.3 is 0 Å². The minimum Gasteiger partial charge on any atom is -0.476 e. The van der Waals surface area contributed by atoms with Gasteiger partial charge in [0.15, 0.2) is 18.2 Å². The van der Waals surface area contributed by atoms with Crippen LogP contribution in [-0.2, 0) is 0 Å². The van der Waals surface area contributed by atoms with E-state index in [0.717, 1.165) is 0 Å². The fourth-order valence-corrected chi connectivity index (χ4v) is 1.00. The van der Waals surface area contributed by atoms with E-state index in [1.54, 1.807) is 19.1 Å². The molecule has 1 rings (SSSR count). The molecule has 1 atom stereocenters. The van der Waals surface area contributed by atoms with Crippen LogP contribution in [0.2, 0.25) is 0 Å². The van der Waals surface area contributed by atoms with Crippen molar-refractivity contribution in [1.29, 1.82) is 5.26 Å². The first-order chi connectivity index (χ1) is 6.65. The molecule has 0 saturated carbocycles. The van der Waals surface area contributed by atoms with E-state index in [2.05, 4.69) is 0 Å². The van der Waals surface area contributed by atoms with Crippen molar-refractivity contribution in [2.24, 2.45) is 0 Å². The monoisotopic (exact) mass is 195 g/mol. The zero-order valence-corrected chi connectivity index (χ0v) is 7.70. The van der Waals surface area contributed by atoms with Gasteiger partial charge in [0, 0.05) is 0 Å². The number of rotatable bonds is 3. The second-order valence-corrected chi connectivity index (χ2v) is 2.81. The Morgan fingerprint density at radius 1 is 1.64 bits per heavy atom. The molecule has 0 amide bonds. The van der Waals surface area contributed by atoms with Gasteiger partial charge in [-0.25, -0.2) is 4.39 Å². The summed E-state index contributed by atoms with van der Waals surface area (Å²) in [7, 11) is 0. The number of aliphatic hydroxyl groups excluding tert-OH is 1. The molecular formula is C10H10FNO2. The molecule has 0 aliphatic rings. The van der Waals surface area contributed by atoms with Crippen molar-refractivity contribution in [1.82, 2.24) is 0 Å². The average molecular weight is 195 g/mol. The van der Waals surface area contributed by atoms with Crippen LogP contribution < -0.4 is 4.74 Å². The van der Waals surface area contributed by atoms with Gasteiger partial charge < -0.3 is 9.84 Å². The number of halogens is 1. The Labute approximate surface area is 81.4 Å². The highest BCUT2D eigenvalue weighted by Crippen LogP contribution is 2.21. The van der Waals surface area contributed by atoms with Crippen LogP contribution >= 0.6 is 0 Å². The second-order valence-electron chi connectivity index (χ2n) is 2.81. The summed E-state index contributed by atoms with van der Waals surface area (Å²) >= 11 is 0. The molecule has 74 valence electrons. The fraction of sp³-hybridized carbons (Fsp3) is 0.300. The predicted molar refractivity (Wildman–Crippen MR) is 48.1 cm³/mol. The van der Waals surface area contributed by atoms with Crippen LogP contribution in [0.25, 0.3) is 0 Å². The third-order valence-electron chi connectivity index (χ3n) is 1.73. The van der Waals surface area contributed by atoms with Crippen molar-refractivity contribution < 1.29 is 14.2 Å². The van der Waals surface area contributed by atoms with E-state index in [-0.39, 0.29) is 12.4 Å². The first kappa shape index (κ1) is 10.5. The Bertz CT molecular complexity index is 358. The Balaban J connectivity index is 2.85. The van der Waals surface area contributed by atoms with Crippen molar-refractivity contribution >= 4 is 0 Å². The molecule has 14 heavy (non-hydrogen) atoms. The lowest BCUT2D eigenvalue weighted by Crippen LogP contribution is -1.98. The predicted octanol–water partition coefficient (Wildman–Crippen LogP) is 1.78. The number of hydrogen-bond donors (Lipinski definition) is 1. The lowest BCUT2D eigenvalue weighted by Gasteiger charge is -2.07.